The Kier molecular flexibility index (Phi) is 8.67. The molecule has 0 aliphatic heterocycles. The molecule has 2 rings (SSSR count). The van der Waals surface area contributed by atoms with Crippen LogP contribution < -0.4 is 5.32 Å². The number of hydrogen-bond acceptors (Lipinski definition) is 1. The van der Waals surface area contributed by atoms with E-state index in [0.29, 0.717) is 19.5 Å². The molecule has 1 N–H and O–H groups in total. The topological polar surface area (TPSA) is 27.6 Å². The average Bonchev–Trinajstić information content (AvgIpc) is 2.54. The van der Waals surface area contributed by atoms with Crippen molar-refractivity contribution in [2.75, 3.05) is 20.6 Å². The lowest BCUT2D eigenvalue weighted by atomic mass is 10.1. The van der Waals surface area contributed by atoms with Crippen molar-refractivity contribution < 1.29 is 8.78 Å². The number of nitrogens with zero attached hydrogens (tertiary/aromatic N) is 2. The molecule has 0 aliphatic rings. The van der Waals surface area contributed by atoms with E-state index in [1.807, 2.05) is 18.0 Å². The summed E-state index contributed by atoms with van der Waals surface area (Å²) in [5, 5.41) is 3.25. The monoisotopic (exact) mass is 445 g/mol. The third kappa shape index (κ3) is 6.43. The number of guanidine groups is 1. The third-order valence-electron chi connectivity index (χ3n) is 3.49. The number of halogens is 3. The van der Waals surface area contributed by atoms with E-state index in [4.69, 9.17) is 0 Å². The predicted molar refractivity (Wildman–Crippen MR) is 105 cm³/mol. The van der Waals surface area contributed by atoms with Gasteiger partial charge in [-0.25, -0.2) is 8.78 Å². The smallest absolute Gasteiger partial charge is 0.193 e. The van der Waals surface area contributed by atoms with Crippen molar-refractivity contribution in [2.24, 2.45) is 4.99 Å². The number of aliphatic imine (C=N–C) groups is 1. The molecular weight excluding hydrogens is 423 g/mol. The molecule has 2 aromatic rings. The van der Waals surface area contributed by atoms with Crippen LogP contribution in [0.3, 0.4) is 0 Å². The van der Waals surface area contributed by atoms with Gasteiger partial charge >= 0.3 is 0 Å². The maximum atomic E-state index is 13.1. The molecule has 24 heavy (non-hydrogen) atoms. The van der Waals surface area contributed by atoms with Crippen molar-refractivity contribution in [3.05, 3.63) is 71.3 Å². The van der Waals surface area contributed by atoms with Gasteiger partial charge in [0.2, 0.25) is 0 Å². The predicted octanol–water partition coefficient (Wildman–Crippen LogP) is 3.83. The lowest BCUT2D eigenvalue weighted by molar-refractivity contribution is 0.476. The summed E-state index contributed by atoms with van der Waals surface area (Å²) in [7, 11) is 3.63. The molecule has 0 saturated heterocycles. The fourth-order valence-corrected chi connectivity index (χ4v) is 2.33. The molecule has 0 radical (unpaired) electrons. The molecule has 130 valence electrons. The van der Waals surface area contributed by atoms with Gasteiger partial charge in [-0.1, -0.05) is 24.3 Å². The zero-order valence-corrected chi connectivity index (χ0v) is 16.1. The van der Waals surface area contributed by atoms with Crippen LogP contribution >= 0.6 is 24.0 Å². The summed E-state index contributed by atoms with van der Waals surface area (Å²) in [4.78, 5) is 6.19. The fraction of sp³-hybridized carbons (Fsp3) is 0.278. The minimum atomic E-state index is -0.242. The minimum absolute atomic E-state index is 0. The standard InChI is InChI=1S/C18H21F2N3.HI/c1-21-18(22-11-10-14-4-3-5-17(20)12-14)23(2)13-15-6-8-16(19)9-7-15;/h3-9,12H,10-11,13H2,1-2H3,(H,21,22);1H. The Labute approximate surface area is 158 Å². The number of hydrogen-bond donors (Lipinski definition) is 1. The molecule has 2 aromatic carbocycles. The Morgan fingerprint density at radius 1 is 1.04 bits per heavy atom. The average molecular weight is 445 g/mol. The maximum absolute atomic E-state index is 13.1. The lowest BCUT2D eigenvalue weighted by Crippen LogP contribution is -2.39. The Morgan fingerprint density at radius 2 is 1.75 bits per heavy atom. The van der Waals surface area contributed by atoms with Gasteiger partial charge in [-0.3, -0.25) is 4.99 Å². The van der Waals surface area contributed by atoms with E-state index < -0.39 is 0 Å². The van der Waals surface area contributed by atoms with Gasteiger partial charge in [0.15, 0.2) is 5.96 Å². The summed E-state index contributed by atoms with van der Waals surface area (Å²) in [5.41, 5.74) is 1.94. The molecule has 0 bridgehead atoms. The summed E-state index contributed by atoms with van der Waals surface area (Å²) in [6.07, 6.45) is 0.709. The molecule has 0 amide bonds. The molecule has 0 spiro atoms. The van der Waals surface area contributed by atoms with E-state index in [1.54, 1.807) is 25.2 Å². The number of rotatable bonds is 5. The van der Waals surface area contributed by atoms with Crippen LogP contribution in [-0.4, -0.2) is 31.5 Å². The van der Waals surface area contributed by atoms with Crippen LogP contribution in [0.1, 0.15) is 11.1 Å². The Morgan fingerprint density at radius 3 is 2.38 bits per heavy atom. The highest BCUT2D eigenvalue weighted by molar-refractivity contribution is 14.0. The van der Waals surface area contributed by atoms with Gasteiger partial charge in [0.25, 0.3) is 0 Å². The van der Waals surface area contributed by atoms with Gasteiger partial charge in [-0.05, 0) is 41.8 Å². The van der Waals surface area contributed by atoms with E-state index >= 15 is 0 Å². The SMILES string of the molecule is CN=C(NCCc1cccc(F)c1)N(C)Cc1ccc(F)cc1.I. The van der Waals surface area contributed by atoms with Crippen molar-refractivity contribution >= 4 is 29.9 Å². The molecule has 0 unspecified atom stereocenters. The van der Waals surface area contributed by atoms with E-state index in [2.05, 4.69) is 10.3 Å². The first-order valence-corrected chi connectivity index (χ1v) is 7.49. The van der Waals surface area contributed by atoms with Crippen LogP contribution in [0, 0.1) is 11.6 Å². The normalized spacial score (nSPS) is 10.9. The van der Waals surface area contributed by atoms with Gasteiger partial charge in [-0.2, -0.15) is 0 Å². The van der Waals surface area contributed by atoms with Crippen LogP contribution in [0.4, 0.5) is 8.78 Å². The zero-order valence-electron chi connectivity index (χ0n) is 13.8. The minimum Gasteiger partial charge on any atom is -0.356 e. The van der Waals surface area contributed by atoms with Crippen LogP contribution in [0.25, 0.3) is 0 Å². The molecule has 0 saturated carbocycles. The second kappa shape index (κ2) is 10.2. The highest BCUT2D eigenvalue weighted by Gasteiger charge is 2.06. The van der Waals surface area contributed by atoms with Gasteiger partial charge in [0, 0.05) is 27.2 Å². The summed E-state index contributed by atoms with van der Waals surface area (Å²) < 4.78 is 26.1. The second-order valence-electron chi connectivity index (χ2n) is 5.34. The first-order valence-electron chi connectivity index (χ1n) is 7.49. The zero-order chi connectivity index (χ0) is 16.7. The highest BCUT2D eigenvalue weighted by Crippen LogP contribution is 2.06. The van der Waals surface area contributed by atoms with Crippen molar-refractivity contribution in [1.29, 1.82) is 0 Å². The van der Waals surface area contributed by atoms with Crippen LogP contribution in [0.15, 0.2) is 53.5 Å². The molecule has 0 fully saturated rings. The molecule has 3 nitrogen and oxygen atoms in total. The van der Waals surface area contributed by atoms with Crippen LogP contribution in [0.2, 0.25) is 0 Å². The first-order chi connectivity index (χ1) is 11.1. The summed E-state index contributed by atoms with van der Waals surface area (Å²) >= 11 is 0. The third-order valence-corrected chi connectivity index (χ3v) is 3.49. The Balaban J connectivity index is 0.00000288. The van der Waals surface area contributed by atoms with Gasteiger partial charge in [-0.15, -0.1) is 24.0 Å². The van der Waals surface area contributed by atoms with E-state index in [9.17, 15) is 8.78 Å². The van der Waals surface area contributed by atoms with E-state index in [0.717, 1.165) is 17.1 Å². The summed E-state index contributed by atoms with van der Waals surface area (Å²) in [6, 6.07) is 13.0. The molecule has 0 atom stereocenters. The van der Waals surface area contributed by atoms with Crippen molar-refractivity contribution in [3.8, 4) is 0 Å². The molecule has 6 heteroatoms. The number of nitrogens with one attached hydrogen (secondary N) is 1. The summed E-state index contributed by atoms with van der Waals surface area (Å²) in [6.45, 7) is 1.28. The second-order valence-corrected chi connectivity index (χ2v) is 5.34. The van der Waals surface area contributed by atoms with Crippen LogP contribution in [0.5, 0.6) is 0 Å². The van der Waals surface area contributed by atoms with Gasteiger partial charge < -0.3 is 10.2 Å². The molecular formula is C18H22F2IN3. The Hall–Kier alpha value is -1.70. The van der Waals surface area contributed by atoms with Gasteiger partial charge in [0.1, 0.15) is 11.6 Å². The van der Waals surface area contributed by atoms with Gasteiger partial charge in [0.05, 0.1) is 0 Å². The number of benzene rings is 2. The molecule has 0 heterocycles. The summed E-state index contributed by atoms with van der Waals surface area (Å²) in [5.74, 6) is 0.278. The maximum Gasteiger partial charge on any atom is 0.193 e. The highest BCUT2D eigenvalue weighted by atomic mass is 127. The molecule has 0 aromatic heterocycles. The fourth-order valence-electron chi connectivity index (χ4n) is 2.33. The largest absolute Gasteiger partial charge is 0.356 e. The molecule has 0 aliphatic carbocycles. The quantitative estimate of drug-likeness (QED) is 0.431. The van der Waals surface area contributed by atoms with Crippen LogP contribution in [-0.2, 0) is 13.0 Å². The van der Waals surface area contributed by atoms with Crippen molar-refractivity contribution in [2.45, 2.75) is 13.0 Å². The first kappa shape index (κ1) is 20.3. The van der Waals surface area contributed by atoms with Crippen molar-refractivity contribution in [1.82, 2.24) is 10.2 Å². The van der Waals surface area contributed by atoms with Crippen molar-refractivity contribution in [3.63, 3.8) is 0 Å². The lowest BCUT2D eigenvalue weighted by Gasteiger charge is -2.22. The van der Waals surface area contributed by atoms with E-state index in [-0.39, 0.29) is 35.6 Å². The Bertz CT molecular complexity index is 660. The van der Waals surface area contributed by atoms with E-state index in [1.165, 1.54) is 24.3 Å².